The highest BCUT2D eigenvalue weighted by Crippen LogP contribution is 2.30. The van der Waals surface area contributed by atoms with Crippen LogP contribution in [0.5, 0.6) is 0 Å². The molecule has 0 bridgehead atoms. The Balaban J connectivity index is 1.67. The number of carbonyl (C=O) groups excluding carboxylic acids is 1. The number of fused-ring (bicyclic) bond motifs is 1. The van der Waals surface area contributed by atoms with Crippen LogP contribution in [-0.4, -0.2) is 39.9 Å². The van der Waals surface area contributed by atoms with Crippen molar-refractivity contribution in [1.29, 1.82) is 0 Å². The molecule has 1 aliphatic rings. The first-order chi connectivity index (χ1) is 13.7. The van der Waals surface area contributed by atoms with Crippen molar-refractivity contribution in [2.24, 2.45) is 0 Å². The summed E-state index contributed by atoms with van der Waals surface area (Å²) >= 11 is 1.52. The molecule has 3 aromatic heterocycles. The topological polar surface area (TPSA) is 81.1 Å². The molecule has 1 amide bonds. The van der Waals surface area contributed by atoms with Crippen molar-refractivity contribution in [1.82, 2.24) is 20.1 Å². The Kier molecular flexibility index (Phi) is 5.59. The van der Waals surface area contributed by atoms with Gasteiger partial charge in [0, 0.05) is 54.5 Å². The van der Waals surface area contributed by atoms with Crippen molar-refractivity contribution in [2.75, 3.05) is 18.5 Å². The van der Waals surface area contributed by atoms with Crippen LogP contribution in [0, 0.1) is 6.92 Å². The highest BCUT2D eigenvalue weighted by atomic mass is 32.1. The number of amides is 1. The van der Waals surface area contributed by atoms with E-state index >= 15 is 0 Å². The van der Waals surface area contributed by atoms with E-state index in [0.29, 0.717) is 18.2 Å². The highest BCUT2D eigenvalue weighted by molar-refractivity contribution is 7.08. The van der Waals surface area contributed by atoms with Gasteiger partial charge >= 0.3 is 0 Å². The van der Waals surface area contributed by atoms with Gasteiger partial charge in [0.25, 0.3) is 5.91 Å². The van der Waals surface area contributed by atoms with E-state index < -0.39 is 0 Å². The zero-order valence-corrected chi connectivity index (χ0v) is 17.0. The predicted octanol–water partition coefficient (Wildman–Crippen LogP) is 3.34. The number of nitrogens with one attached hydrogen (secondary N) is 2. The number of hydrogen-bond acceptors (Lipinski definition) is 6. The fourth-order valence-corrected chi connectivity index (χ4v) is 4.20. The van der Waals surface area contributed by atoms with Gasteiger partial charge in [-0.25, -0.2) is 9.67 Å². The number of thiophene rings is 1. The Morgan fingerprint density at radius 1 is 1.39 bits per heavy atom. The van der Waals surface area contributed by atoms with Crippen LogP contribution in [0.2, 0.25) is 0 Å². The molecule has 0 radical (unpaired) electrons. The van der Waals surface area contributed by atoms with Crippen LogP contribution >= 0.6 is 11.3 Å². The maximum absolute atomic E-state index is 12.4. The quantitative estimate of drug-likeness (QED) is 0.664. The molecule has 0 aromatic carbocycles. The molecule has 4 rings (SSSR count). The van der Waals surface area contributed by atoms with Gasteiger partial charge in [-0.1, -0.05) is 0 Å². The Morgan fingerprint density at radius 3 is 2.93 bits per heavy atom. The molecule has 4 heterocycles. The number of anilines is 1. The van der Waals surface area contributed by atoms with Crippen molar-refractivity contribution in [3.8, 4) is 0 Å². The third kappa shape index (κ3) is 3.74. The number of hydrogen-bond donors (Lipinski definition) is 2. The van der Waals surface area contributed by atoms with Crippen molar-refractivity contribution >= 4 is 34.0 Å². The summed E-state index contributed by atoms with van der Waals surface area (Å²) in [6.45, 7) is 6.78. The van der Waals surface area contributed by atoms with Crippen LogP contribution in [0.1, 0.15) is 41.4 Å². The second kappa shape index (κ2) is 8.28. The zero-order chi connectivity index (χ0) is 19.5. The van der Waals surface area contributed by atoms with Gasteiger partial charge in [-0.15, -0.1) is 0 Å². The summed E-state index contributed by atoms with van der Waals surface area (Å²) in [5.74, 6) is -0.0676. The van der Waals surface area contributed by atoms with Crippen molar-refractivity contribution in [3.05, 3.63) is 39.8 Å². The van der Waals surface area contributed by atoms with E-state index in [0.717, 1.165) is 60.6 Å². The summed E-state index contributed by atoms with van der Waals surface area (Å²) < 4.78 is 7.40. The molecular formula is C20H25N5O2S. The maximum atomic E-state index is 12.4. The Bertz CT molecular complexity index is 961. The van der Waals surface area contributed by atoms with E-state index in [9.17, 15) is 4.79 Å². The first kappa shape index (κ1) is 18.9. The van der Waals surface area contributed by atoms with Gasteiger partial charge < -0.3 is 15.4 Å². The second-order valence-corrected chi connectivity index (χ2v) is 7.75. The summed E-state index contributed by atoms with van der Waals surface area (Å²) in [5, 5.41) is 16.0. The smallest absolute Gasteiger partial charge is 0.252 e. The average Bonchev–Trinajstić information content (AvgIpc) is 3.38. The molecule has 0 saturated carbocycles. The van der Waals surface area contributed by atoms with E-state index in [1.54, 1.807) is 0 Å². The second-order valence-electron chi connectivity index (χ2n) is 6.97. The van der Waals surface area contributed by atoms with Gasteiger partial charge in [0.1, 0.15) is 0 Å². The summed E-state index contributed by atoms with van der Waals surface area (Å²) in [5.41, 5.74) is 4.51. The lowest BCUT2D eigenvalue weighted by atomic mass is 10.0. The minimum atomic E-state index is -0.0676. The fourth-order valence-electron chi connectivity index (χ4n) is 3.57. The minimum Gasteiger partial charge on any atom is -0.381 e. The predicted molar refractivity (Wildman–Crippen MR) is 111 cm³/mol. The average molecular weight is 400 g/mol. The molecule has 28 heavy (non-hydrogen) atoms. The van der Waals surface area contributed by atoms with Gasteiger partial charge in [0.2, 0.25) is 0 Å². The lowest BCUT2D eigenvalue weighted by molar-refractivity contribution is 0.0904. The number of rotatable bonds is 6. The molecule has 8 heteroatoms. The van der Waals surface area contributed by atoms with E-state index in [2.05, 4.69) is 22.7 Å². The van der Waals surface area contributed by atoms with Gasteiger partial charge in [0.05, 0.1) is 17.3 Å². The van der Waals surface area contributed by atoms with Gasteiger partial charge in [-0.3, -0.25) is 4.79 Å². The van der Waals surface area contributed by atoms with Crippen LogP contribution in [-0.2, 0) is 17.8 Å². The number of nitrogens with zero attached hydrogens (tertiary/aromatic N) is 3. The van der Waals surface area contributed by atoms with Gasteiger partial charge in [-0.2, -0.15) is 16.4 Å². The molecule has 0 unspecified atom stereocenters. The van der Waals surface area contributed by atoms with Crippen molar-refractivity contribution in [2.45, 2.75) is 45.8 Å². The number of ether oxygens (including phenoxy) is 1. The summed E-state index contributed by atoms with van der Waals surface area (Å²) in [6.07, 6.45) is 3.80. The Labute approximate surface area is 168 Å². The number of aromatic nitrogens is 3. The van der Waals surface area contributed by atoms with Crippen LogP contribution < -0.4 is 10.6 Å². The molecule has 148 valence electrons. The first-order valence-electron chi connectivity index (χ1n) is 9.67. The standard InChI is InChI=1S/C20H25N5O2S/c1-3-25-19-17(11-22-25)18(24-15-4-7-27-8-5-15)16(13(2)23-19)10-21-20(26)14-6-9-28-12-14/h6,9,11-12,15H,3-5,7-8,10H2,1-2H3,(H,21,26)(H,23,24). The molecule has 1 fully saturated rings. The lowest BCUT2D eigenvalue weighted by Gasteiger charge is -2.26. The molecule has 2 N–H and O–H groups in total. The molecule has 1 aliphatic heterocycles. The zero-order valence-electron chi connectivity index (χ0n) is 16.2. The Hall–Kier alpha value is -2.45. The normalized spacial score (nSPS) is 15.1. The summed E-state index contributed by atoms with van der Waals surface area (Å²) in [6, 6.07) is 2.18. The van der Waals surface area contributed by atoms with E-state index in [4.69, 9.17) is 9.72 Å². The molecule has 0 atom stereocenters. The summed E-state index contributed by atoms with van der Waals surface area (Å²) in [7, 11) is 0. The van der Waals surface area contributed by atoms with E-state index in [-0.39, 0.29) is 5.91 Å². The summed E-state index contributed by atoms with van der Waals surface area (Å²) in [4.78, 5) is 17.2. The third-order valence-corrected chi connectivity index (χ3v) is 5.85. The van der Waals surface area contributed by atoms with Crippen molar-refractivity contribution in [3.63, 3.8) is 0 Å². The highest BCUT2D eigenvalue weighted by Gasteiger charge is 2.21. The molecule has 3 aromatic rings. The Morgan fingerprint density at radius 2 is 2.21 bits per heavy atom. The fraction of sp³-hybridized carbons (Fsp3) is 0.450. The third-order valence-electron chi connectivity index (χ3n) is 5.17. The van der Waals surface area contributed by atoms with Crippen LogP contribution in [0.4, 0.5) is 5.69 Å². The van der Waals surface area contributed by atoms with Gasteiger partial charge in [0.15, 0.2) is 5.65 Å². The van der Waals surface area contributed by atoms with Crippen LogP contribution in [0.3, 0.4) is 0 Å². The van der Waals surface area contributed by atoms with E-state index in [1.165, 1.54) is 11.3 Å². The largest absolute Gasteiger partial charge is 0.381 e. The lowest BCUT2D eigenvalue weighted by Crippen LogP contribution is -2.29. The molecule has 7 nitrogen and oxygen atoms in total. The number of aryl methyl sites for hydroxylation is 2. The minimum absolute atomic E-state index is 0.0676. The molecular weight excluding hydrogens is 374 g/mol. The monoisotopic (exact) mass is 399 g/mol. The SMILES string of the molecule is CCn1ncc2c(NC3CCOCC3)c(CNC(=O)c3ccsc3)c(C)nc21. The van der Waals surface area contributed by atoms with E-state index in [1.807, 2.05) is 34.6 Å². The number of carbonyl (C=O) groups is 1. The first-order valence-corrected chi connectivity index (χ1v) is 10.6. The van der Waals surface area contributed by atoms with Crippen LogP contribution in [0.25, 0.3) is 11.0 Å². The molecule has 0 aliphatic carbocycles. The maximum Gasteiger partial charge on any atom is 0.252 e. The molecule has 0 spiro atoms. The van der Waals surface area contributed by atoms with Gasteiger partial charge in [-0.05, 0) is 38.1 Å². The van der Waals surface area contributed by atoms with Crippen LogP contribution in [0.15, 0.2) is 23.0 Å². The number of pyridine rings is 1. The van der Waals surface area contributed by atoms with Crippen molar-refractivity contribution < 1.29 is 9.53 Å². The molecule has 1 saturated heterocycles.